The molecule has 7 heteroatoms. The summed E-state index contributed by atoms with van der Waals surface area (Å²) in [6, 6.07) is 5.31. The number of nitrogens with one attached hydrogen (secondary N) is 1. The Morgan fingerprint density at radius 2 is 2.00 bits per heavy atom. The maximum absolute atomic E-state index is 12.9. The van der Waals surface area contributed by atoms with Gasteiger partial charge < -0.3 is 14.8 Å². The minimum atomic E-state index is -0.304. The number of aryl methyl sites for hydroxylation is 1. The van der Waals surface area contributed by atoms with Crippen LogP contribution in [0.3, 0.4) is 0 Å². The summed E-state index contributed by atoms with van der Waals surface area (Å²) in [5.74, 6) is -0.107. The van der Waals surface area contributed by atoms with Crippen LogP contribution in [0.2, 0.25) is 5.02 Å². The van der Waals surface area contributed by atoms with Gasteiger partial charge in [0.1, 0.15) is 5.69 Å². The summed E-state index contributed by atoms with van der Waals surface area (Å²) in [6.07, 6.45) is 2.74. The first-order valence-corrected chi connectivity index (χ1v) is 9.80. The Hall–Kier alpha value is -2.34. The van der Waals surface area contributed by atoms with Gasteiger partial charge in [-0.1, -0.05) is 11.6 Å². The number of hydrogen-bond acceptors (Lipinski definition) is 3. The van der Waals surface area contributed by atoms with Gasteiger partial charge in [0.25, 0.3) is 11.8 Å². The van der Waals surface area contributed by atoms with Crippen LogP contribution in [0.5, 0.6) is 0 Å². The lowest BCUT2D eigenvalue weighted by Crippen LogP contribution is -2.31. The van der Waals surface area contributed by atoms with E-state index in [0.717, 1.165) is 30.5 Å². The highest BCUT2D eigenvalue weighted by atomic mass is 35.5. The Morgan fingerprint density at radius 3 is 2.67 bits per heavy atom. The number of amides is 2. The number of hydrogen-bond donors (Lipinski definition) is 1. The molecule has 6 nitrogen and oxygen atoms in total. The molecule has 0 saturated heterocycles. The average molecular weight is 389 g/mol. The zero-order chi connectivity index (χ0) is 19.6. The molecule has 0 atom stereocenters. The summed E-state index contributed by atoms with van der Waals surface area (Å²) in [7, 11) is 0. The normalized spacial score (nSPS) is 13.2. The van der Waals surface area contributed by atoms with Crippen molar-refractivity contribution >= 4 is 29.1 Å². The summed E-state index contributed by atoms with van der Waals surface area (Å²) in [6.45, 7) is 7.72. The number of carbonyl (C=O) groups excluding carboxylic acids is 2. The van der Waals surface area contributed by atoms with E-state index in [1.807, 2.05) is 25.3 Å². The summed E-state index contributed by atoms with van der Waals surface area (Å²) in [5, 5.41) is 3.53. The van der Waals surface area contributed by atoms with Gasteiger partial charge in [0.05, 0.1) is 5.69 Å². The molecule has 0 fully saturated rings. The molecular weight excluding hydrogens is 364 g/mol. The lowest BCUT2D eigenvalue weighted by molar-refractivity contribution is 0.0766. The fourth-order valence-electron chi connectivity index (χ4n) is 3.49. The zero-order valence-electron chi connectivity index (χ0n) is 16.0. The maximum atomic E-state index is 12.9. The molecule has 1 aromatic heterocycles. The number of anilines is 1. The number of carbonyl (C=O) groups is 2. The van der Waals surface area contributed by atoms with E-state index in [-0.39, 0.29) is 11.8 Å². The van der Waals surface area contributed by atoms with Crippen molar-refractivity contribution in [2.45, 2.75) is 46.6 Å². The highest BCUT2D eigenvalue weighted by Crippen LogP contribution is 2.24. The van der Waals surface area contributed by atoms with E-state index < -0.39 is 0 Å². The van der Waals surface area contributed by atoms with Gasteiger partial charge in [-0.2, -0.15) is 0 Å². The number of aromatic nitrogens is 2. The second-order valence-corrected chi connectivity index (χ2v) is 7.17. The smallest absolute Gasteiger partial charge is 0.291 e. The molecule has 0 saturated carbocycles. The van der Waals surface area contributed by atoms with Crippen LogP contribution in [-0.4, -0.2) is 39.4 Å². The predicted molar refractivity (Wildman–Crippen MR) is 107 cm³/mol. The molecule has 27 heavy (non-hydrogen) atoms. The topological polar surface area (TPSA) is 67.2 Å². The predicted octanol–water partition coefficient (Wildman–Crippen LogP) is 3.92. The van der Waals surface area contributed by atoms with Crippen LogP contribution in [0.4, 0.5) is 5.69 Å². The molecule has 0 unspecified atom stereocenters. The minimum Gasteiger partial charge on any atom is -0.338 e. The van der Waals surface area contributed by atoms with E-state index in [0.29, 0.717) is 41.9 Å². The molecule has 2 heterocycles. The molecule has 0 spiro atoms. The first-order valence-electron chi connectivity index (χ1n) is 9.42. The Bertz CT molecular complexity index is 871. The van der Waals surface area contributed by atoms with Gasteiger partial charge in [0.15, 0.2) is 5.82 Å². The standard InChI is InChI=1S/C20H25ClN4O2/c1-4-24(5-2)20(27)17-16-8-6-7-11-25(16)18(23-17)19(26)22-15-10-9-14(21)12-13(15)3/h9-10,12H,4-8,11H2,1-3H3,(H,22,26). The van der Waals surface area contributed by atoms with E-state index in [2.05, 4.69) is 10.3 Å². The monoisotopic (exact) mass is 388 g/mol. The fraction of sp³-hybridized carbons (Fsp3) is 0.450. The van der Waals surface area contributed by atoms with Gasteiger partial charge in [0.2, 0.25) is 0 Å². The number of benzene rings is 1. The first-order chi connectivity index (χ1) is 13.0. The highest BCUT2D eigenvalue weighted by Gasteiger charge is 2.29. The van der Waals surface area contributed by atoms with E-state index in [9.17, 15) is 9.59 Å². The Labute approximate surface area is 164 Å². The summed E-state index contributed by atoms with van der Waals surface area (Å²) >= 11 is 5.99. The third kappa shape index (κ3) is 3.86. The maximum Gasteiger partial charge on any atom is 0.291 e. The zero-order valence-corrected chi connectivity index (χ0v) is 16.8. The molecule has 0 bridgehead atoms. The molecule has 1 aliphatic heterocycles. The van der Waals surface area contributed by atoms with Crippen LogP contribution in [0.25, 0.3) is 0 Å². The lowest BCUT2D eigenvalue weighted by atomic mass is 10.1. The third-order valence-corrected chi connectivity index (χ3v) is 5.25. The van der Waals surface area contributed by atoms with Crippen molar-refractivity contribution in [2.24, 2.45) is 0 Å². The van der Waals surface area contributed by atoms with Crippen LogP contribution in [-0.2, 0) is 13.0 Å². The average Bonchev–Trinajstić information content (AvgIpc) is 3.04. The SMILES string of the molecule is CCN(CC)C(=O)c1nc(C(=O)Nc2ccc(Cl)cc2C)n2c1CCCC2. The Morgan fingerprint density at radius 1 is 1.26 bits per heavy atom. The molecule has 1 N–H and O–H groups in total. The second-order valence-electron chi connectivity index (χ2n) is 6.73. The number of halogens is 1. The molecule has 0 radical (unpaired) electrons. The van der Waals surface area contributed by atoms with Crippen molar-refractivity contribution in [3.05, 3.63) is 46.0 Å². The second kappa shape index (κ2) is 8.13. The molecule has 3 rings (SSSR count). The molecule has 2 amide bonds. The van der Waals surface area contributed by atoms with Gasteiger partial charge in [0, 0.05) is 30.3 Å². The van der Waals surface area contributed by atoms with E-state index in [1.165, 1.54) is 0 Å². The number of rotatable bonds is 5. The molecule has 144 valence electrons. The van der Waals surface area contributed by atoms with E-state index >= 15 is 0 Å². The summed E-state index contributed by atoms with van der Waals surface area (Å²) in [4.78, 5) is 32.0. The van der Waals surface area contributed by atoms with Gasteiger partial charge in [-0.05, 0) is 63.8 Å². The first kappa shape index (κ1) is 19.4. The van der Waals surface area contributed by atoms with Crippen molar-refractivity contribution in [3.63, 3.8) is 0 Å². The van der Waals surface area contributed by atoms with Gasteiger partial charge in [-0.3, -0.25) is 9.59 Å². The Kier molecular flexibility index (Phi) is 5.85. The van der Waals surface area contributed by atoms with Crippen molar-refractivity contribution in [1.82, 2.24) is 14.5 Å². The van der Waals surface area contributed by atoms with Crippen molar-refractivity contribution < 1.29 is 9.59 Å². The quantitative estimate of drug-likeness (QED) is 0.844. The van der Waals surface area contributed by atoms with Gasteiger partial charge in [-0.15, -0.1) is 0 Å². The number of nitrogens with zero attached hydrogens (tertiary/aromatic N) is 3. The molecule has 1 aliphatic rings. The lowest BCUT2D eigenvalue weighted by Gasteiger charge is -2.20. The minimum absolute atomic E-state index is 0.104. The summed E-state index contributed by atoms with van der Waals surface area (Å²) < 4.78 is 1.90. The summed E-state index contributed by atoms with van der Waals surface area (Å²) in [5.41, 5.74) is 2.85. The van der Waals surface area contributed by atoms with Gasteiger partial charge in [-0.25, -0.2) is 4.98 Å². The highest BCUT2D eigenvalue weighted by molar-refractivity contribution is 6.30. The van der Waals surface area contributed by atoms with Crippen molar-refractivity contribution in [3.8, 4) is 0 Å². The molecular formula is C20H25ClN4O2. The van der Waals surface area contributed by atoms with E-state index in [4.69, 9.17) is 11.6 Å². The van der Waals surface area contributed by atoms with Crippen LogP contribution in [0, 0.1) is 6.92 Å². The van der Waals surface area contributed by atoms with Crippen molar-refractivity contribution in [1.29, 1.82) is 0 Å². The largest absolute Gasteiger partial charge is 0.338 e. The third-order valence-electron chi connectivity index (χ3n) is 5.01. The van der Waals surface area contributed by atoms with E-state index in [1.54, 1.807) is 23.1 Å². The number of imidazole rings is 1. The van der Waals surface area contributed by atoms with Crippen LogP contribution in [0.1, 0.15) is 59.1 Å². The van der Waals surface area contributed by atoms with Crippen LogP contribution >= 0.6 is 11.6 Å². The van der Waals surface area contributed by atoms with Crippen molar-refractivity contribution in [2.75, 3.05) is 18.4 Å². The molecule has 1 aromatic carbocycles. The molecule has 2 aromatic rings. The van der Waals surface area contributed by atoms with Crippen LogP contribution < -0.4 is 5.32 Å². The Balaban J connectivity index is 1.95. The molecule has 0 aliphatic carbocycles. The van der Waals surface area contributed by atoms with Crippen LogP contribution in [0.15, 0.2) is 18.2 Å². The fourth-order valence-corrected chi connectivity index (χ4v) is 3.72. The van der Waals surface area contributed by atoms with Gasteiger partial charge >= 0.3 is 0 Å². The number of fused-ring (bicyclic) bond motifs is 1.